The van der Waals surface area contributed by atoms with Crippen LogP contribution in [0.5, 0.6) is 0 Å². The molecule has 1 aliphatic heterocycles. The van der Waals surface area contributed by atoms with E-state index < -0.39 is 17.6 Å². The molecule has 0 amide bonds. The molecule has 0 N–H and O–H groups in total. The van der Waals surface area contributed by atoms with Gasteiger partial charge in [-0.1, -0.05) is 5.21 Å². The Bertz CT molecular complexity index is 453. The molecule has 2 rings (SSSR count). The summed E-state index contributed by atoms with van der Waals surface area (Å²) in [6.45, 7) is 2.41. The quantitative estimate of drug-likeness (QED) is 0.820. The van der Waals surface area contributed by atoms with Gasteiger partial charge >= 0.3 is 6.18 Å². The Morgan fingerprint density at radius 1 is 1.22 bits per heavy atom. The summed E-state index contributed by atoms with van der Waals surface area (Å²) in [5.74, 6) is 0. The van der Waals surface area contributed by atoms with Gasteiger partial charge < -0.3 is 4.90 Å². The van der Waals surface area contributed by atoms with E-state index >= 15 is 0 Å². The lowest BCUT2D eigenvalue weighted by atomic mass is 10.3. The van der Waals surface area contributed by atoms with Crippen molar-refractivity contribution in [3.63, 3.8) is 0 Å². The van der Waals surface area contributed by atoms with E-state index in [1.165, 1.54) is 6.07 Å². The van der Waals surface area contributed by atoms with Gasteiger partial charge in [0.05, 0.1) is 6.54 Å². The van der Waals surface area contributed by atoms with E-state index in [0.29, 0.717) is 6.54 Å². The van der Waals surface area contributed by atoms with Crippen molar-refractivity contribution in [2.24, 2.45) is 0 Å². The number of hydrogen-bond donors (Lipinski definition) is 0. The van der Waals surface area contributed by atoms with Crippen LogP contribution in [0.3, 0.4) is 0 Å². The van der Waals surface area contributed by atoms with Crippen LogP contribution in [0.2, 0.25) is 0 Å². The number of nitrogens with zero attached hydrogens (tertiary/aromatic N) is 5. The molecule has 0 atom stereocenters. The van der Waals surface area contributed by atoms with Crippen molar-refractivity contribution in [2.75, 3.05) is 19.6 Å². The summed E-state index contributed by atoms with van der Waals surface area (Å²) in [7, 11) is 0. The first-order valence-electron chi connectivity index (χ1n) is 5.65. The summed E-state index contributed by atoms with van der Waals surface area (Å²) < 4.78 is 39.1. The van der Waals surface area contributed by atoms with Crippen molar-refractivity contribution in [2.45, 2.75) is 25.6 Å². The minimum atomic E-state index is -4.60. The highest BCUT2D eigenvalue weighted by Crippen LogP contribution is 2.30. The number of aromatic nitrogens is 3. The summed E-state index contributed by atoms with van der Waals surface area (Å²) >= 11 is 0. The predicted octanol–water partition coefficient (Wildman–Crippen LogP) is 1.26. The zero-order chi connectivity index (χ0) is 13.2. The monoisotopic (exact) mass is 259 g/mol. The molecule has 0 saturated carbocycles. The fourth-order valence-corrected chi connectivity index (χ4v) is 2.07. The zero-order valence-corrected chi connectivity index (χ0v) is 9.61. The first-order valence-corrected chi connectivity index (χ1v) is 5.65. The lowest BCUT2D eigenvalue weighted by Gasteiger charge is -2.15. The van der Waals surface area contributed by atoms with Gasteiger partial charge in [-0.05, 0) is 25.9 Å². The Kier molecular flexibility index (Phi) is 3.52. The van der Waals surface area contributed by atoms with E-state index in [-0.39, 0.29) is 6.54 Å². The van der Waals surface area contributed by atoms with E-state index in [2.05, 4.69) is 15.2 Å². The van der Waals surface area contributed by atoms with E-state index in [4.69, 9.17) is 5.26 Å². The highest BCUT2D eigenvalue weighted by molar-refractivity contribution is 5.26. The maximum atomic E-state index is 12.8. The van der Waals surface area contributed by atoms with Crippen LogP contribution in [-0.2, 0) is 12.7 Å². The molecule has 0 bridgehead atoms. The van der Waals surface area contributed by atoms with Gasteiger partial charge in [-0.25, -0.2) is 4.68 Å². The van der Waals surface area contributed by atoms with Gasteiger partial charge in [0.25, 0.3) is 0 Å². The van der Waals surface area contributed by atoms with Gasteiger partial charge in [0.2, 0.25) is 0 Å². The molecule has 18 heavy (non-hydrogen) atoms. The number of halogens is 3. The number of hydrogen-bond acceptors (Lipinski definition) is 4. The van der Waals surface area contributed by atoms with Gasteiger partial charge in [0.15, 0.2) is 11.4 Å². The summed E-state index contributed by atoms with van der Waals surface area (Å²) in [6.07, 6.45) is -2.45. The molecule has 5 nitrogen and oxygen atoms in total. The third kappa shape index (κ3) is 2.61. The Hall–Kier alpha value is -1.62. The normalized spacial score (nSPS) is 17.0. The van der Waals surface area contributed by atoms with Crippen molar-refractivity contribution < 1.29 is 13.2 Å². The van der Waals surface area contributed by atoms with Crippen LogP contribution < -0.4 is 0 Å². The lowest BCUT2D eigenvalue weighted by molar-refractivity contribution is -0.144. The van der Waals surface area contributed by atoms with Gasteiger partial charge in [0, 0.05) is 6.54 Å². The zero-order valence-electron chi connectivity index (χ0n) is 9.61. The van der Waals surface area contributed by atoms with Gasteiger partial charge in [0.1, 0.15) is 6.07 Å². The summed E-state index contributed by atoms with van der Waals surface area (Å²) in [4.78, 5) is 2.08. The second-order valence-electron chi connectivity index (χ2n) is 4.17. The second kappa shape index (κ2) is 4.94. The molecule has 8 heteroatoms. The van der Waals surface area contributed by atoms with Crippen LogP contribution in [0.15, 0.2) is 0 Å². The minimum absolute atomic E-state index is 0.101. The molecular formula is C10H12F3N5. The van der Waals surface area contributed by atoms with Crippen LogP contribution in [0.1, 0.15) is 24.2 Å². The van der Waals surface area contributed by atoms with Crippen LogP contribution in [0.25, 0.3) is 0 Å². The average molecular weight is 259 g/mol. The topological polar surface area (TPSA) is 57.7 Å². The first kappa shape index (κ1) is 12.8. The van der Waals surface area contributed by atoms with Crippen LogP contribution >= 0.6 is 0 Å². The summed E-state index contributed by atoms with van der Waals surface area (Å²) in [5.41, 5.74) is -1.71. The molecule has 0 unspecified atom stereocenters. The van der Waals surface area contributed by atoms with Crippen molar-refractivity contribution in [1.29, 1.82) is 5.26 Å². The van der Waals surface area contributed by atoms with E-state index in [9.17, 15) is 13.2 Å². The van der Waals surface area contributed by atoms with E-state index in [1.807, 2.05) is 0 Å². The predicted molar refractivity (Wildman–Crippen MR) is 55.4 cm³/mol. The standard InChI is InChI=1S/C10H12F3N5/c11-10(12,13)9-8(7-14)15-16-18(9)6-5-17-3-1-2-4-17/h1-6H2. The van der Waals surface area contributed by atoms with E-state index in [0.717, 1.165) is 30.6 Å². The number of nitriles is 1. The van der Waals surface area contributed by atoms with Crippen molar-refractivity contribution in [1.82, 2.24) is 19.9 Å². The summed E-state index contributed by atoms with van der Waals surface area (Å²) in [6, 6.07) is 1.42. The third-order valence-electron chi connectivity index (χ3n) is 2.94. The fourth-order valence-electron chi connectivity index (χ4n) is 2.07. The molecule has 98 valence electrons. The highest BCUT2D eigenvalue weighted by atomic mass is 19.4. The van der Waals surface area contributed by atoms with Gasteiger partial charge in [-0.3, -0.25) is 0 Å². The van der Waals surface area contributed by atoms with E-state index in [1.54, 1.807) is 0 Å². The molecule has 1 aromatic rings. The van der Waals surface area contributed by atoms with Crippen LogP contribution in [0, 0.1) is 11.3 Å². The molecule has 2 heterocycles. The molecule has 0 aromatic carbocycles. The van der Waals surface area contributed by atoms with Crippen molar-refractivity contribution in [3.05, 3.63) is 11.4 Å². The maximum Gasteiger partial charge on any atom is 0.436 e. The highest BCUT2D eigenvalue weighted by Gasteiger charge is 2.39. The smallest absolute Gasteiger partial charge is 0.301 e. The lowest BCUT2D eigenvalue weighted by Crippen LogP contribution is -2.26. The number of alkyl halides is 3. The summed E-state index contributed by atoms with van der Waals surface area (Å²) in [5, 5.41) is 15.3. The minimum Gasteiger partial charge on any atom is -0.301 e. The molecule has 1 fully saturated rings. The largest absolute Gasteiger partial charge is 0.436 e. The Labute approximate surface area is 102 Å². The molecule has 0 aliphatic carbocycles. The van der Waals surface area contributed by atoms with Crippen LogP contribution in [0.4, 0.5) is 13.2 Å². The Morgan fingerprint density at radius 2 is 1.89 bits per heavy atom. The molecule has 1 saturated heterocycles. The maximum absolute atomic E-state index is 12.8. The van der Waals surface area contributed by atoms with Crippen molar-refractivity contribution in [3.8, 4) is 6.07 Å². The van der Waals surface area contributed by atoms with Crippen LogP contribution in [-0.4, -0.2) is 39.5 Å². The van der Waals surface area contributed by atoms with Gasteiger partial charge in [-0.2, -0.15) is 18.4 Å². The average Bonchev–Trinajstić information content (AvgIpc) is 2.94. The number of rotatable bonds is 3. The first-order chi connectivity index (χ1) is 8.52. The Balaban J connectivity index is 2.12. The molecule has 1 aromatic heterocycles. The molecule has 0 spiro atoms. The Morgan fingerprint density at radius 3 is 2.44 bits per heavy atom. The van der Waals surface area contributed by atoms with Gasteiger partial charge in [-0.15, -0.1) is 5.10 Å². The molecule has 0 radical (unpaired) electrons. The molecule has 1 aliphatic rings. The number of likely N-dealkylation sites (tertiary alicyclic amines) is 1. The third-order valence-corrected chi connectivity index (χ3v) is 2.94. The second-order valence-corrected chi connectivity index (χ2v) is 4.17. The fraction of sp³-hybridized carbons (Fsp3) is 0.700. The van der Waals surface area contributed by atoms with Crippen molar-refractivity contribution >= 4 is 0 Å². The SMILES string of the molecule is N#Cc1nnn(CCN2CCCC2)c1C(F)(F)F. The molecular weight excluding hydrogens is 247 g/mol.